The molecule has 0 atom stereocenters. The summed E-state index contributed by atoms with van der Waals surface area (Å²) in [6.45, 7) is 12.1. The summed E-state index contributed by atoms with van der Waals surface area (Å²) in [6, 6.07) is 3.99. The lowest BCUT2D eigenvalue weighted by Gasteiger charge is -2.31. The zero-order valence-electron chi connectivity index (χ0n) is 22.0. The van der Waals surface area contributed by atoms with E-state index in [0.717, 1.165) is 56.3 Å². The van der Waals surface area contributed by atoms with Crippen LogP contribution in [0.15, 0.2) is 18.3 Å². The number of piperazine rings is 1. The summed E-state index contributed by atoms with van der Waals surface area (Å²) < 4.78 is 5.65. The number of hydrogen-bond donors (Lipinski definition) is 3. The maximum absolute atomic E-state index is 9.17. The quantitative estimate of drug-likeness (QED) is 0.320. The molecule has 0 saturated carbocycles. The topological polar surface area (TPSA) is 106 Å². The highest BCUT2D eigenvalue weighted by molar-refractivity contribution is 6.05. The van der Waals surface area contributed by atoms with Crippen molar-refractivity contribution in [3.63, 3.8) is 0 Å². The molecule has 2 aliphatic rings. The Labute approximate surface area is 215 Å². The fourth-order valence-electron chi connectivity index (χ4n) is 4.71. The molecule has 2 aliphatic heterocycles. The van der Waals surface area contributed by atoms with Crippen LogP contribution in [0.25, 0.3) is 0 Å². The van der Waals surface area contributed by atoms with E-state index in [9.17, 15) is 5.41 Å². The second-order valence-corrected chi connectivity index (χ2v) is 9.58. The Balaban J connectivity index is 1.75. The van der Waals surface area contributed by atoms with Crippen LogP contribution in [0.5, 0.6) is 0 Å². The van der Waals surface area contributed by atoms with E-state index in [4.69, 9.17) is 14.7 Å². The van der Waals surface area contributed by atoms with Gasteiger partial charge < -0.3 is 30.6 Å². The van der Waals surface area contributed by atoms with Gasteiger partial charge in [-0.25, -0.2) is 9.97 Å². The van der Waals surface area contributed by atoms with Crippen molar-refractivity contribution in [2.24, 2.45) is 0 Å². The molecule has 0 radical (unpaired) electrons. The maximum Gasteiger partial charge on any atom is 0.228 e. The third kappa shape index (κ3) is 6.89. The molecule has 0 aromatic carbocycles. The molecule has 0 bridgehead atoms. The molecule has 10 nitrogen and oxygen atoms in total. The number of hydrogen-bond acceptors (Lipinski definition) is 10. The fourth-order valence-corrected chi connectivity index (χ4v) is 4.71. The van der Waals surface area contributed by atoms with Gasteiger partial charge in [0.1, 0.15) is 17.2 Å². The molecule has 4 rings (SSSR count). The van der Waals surface area contributed by atoms with Crippen LogP contribution in [0, 0.1) is 12.3 Å². The summed E-state index contributed by atoms with van der Waals surface area (Å²) >= 11 is 0. The van der Waals surface area contributed by atoms with Crippen molar-refractivity contribution >= 4 is 29.0 Å². The van der Waals surface area contributed by atoms with Gasteiger partial charge in [-0.05, 0) is 57.5 Å². The Morgan fingerprint density at radius 2 is 1.94 bits per heavy atom. The van der Waals surface area contributed by atoms with Crippen LogP contribution < -0.4 is 20.4 Å². The number of anilines is 4. The molecule has 2 saturated heterocycles. The Morgan fingerprint density at radius 3 is 2.67 bits per heavy atom. The van der Waals surface area contributed by atoms with E-state index in [2.05, 4.69) is 30.3 Å². The van der Waals surface area contributed by atoms with Crippen LogP contribution in [0.1, 0.15) is 37.4 Å². The molecule has 196 valence electrons. The van der Waals surface area contributed by atoms with Gasteiger partial charge in [0, 0.05) is 59.1 Å². The van der Waals surface area contributed by atoms with Crippen molar-refractivity contribution in [2.75, 3.05) is 87.7 Å². The minimum atomic E-state index is 0.522. The molecule has 0 unspecified atom stereocenters. The number of aromatic nitrogens is 3. The molecule has 10 heteroatoms. The van der Waals surface area contributed by atoms with E-state index < -0.39 is 0 Å². The van der Waals surface area contributed by atoms with Crippen LogP contribution in [0.4, 0.5) is 23.3 Å². The molecule has 0 amide bonds. The third-order valence-corrected chi connectivity index (χ3v) is 6.71. The first-order valence-electron chi connectivity index (χ1n) is 13.2. The van der Waals surface area contributed by atoms with Crippen LogP contribution in [-0.4, -0.2) is 98.2 Å². The molecule has 2 aromatic rings. The van der Waals surface area contributed by atoms with Crippen molar-refractivity contribution in [2.45, 2.75) is 33.1 Å². The van der Waals surface area contributed by atoms with Gasteiger partial charge in [0.05, 0.1) is 12.3 Å². The molecular weight excluding hydrogens is 454 g/mol. The Morgan fingerprint density at radius 1 is 1.17 bits per heavy atom. The maximum atomic E-state index is 9.17. The number of pyridine rings is 1. The average Bonchev–Trinajstić information content (AvgIpc) is 2.89. The zero-order chi connectivity index (χ0) is 25.3. The lowest BCUT2D eigenvalue weighted by atomic mass is 10.1. The molecule has 0 spiro atoms. The minimum absolute atomic E-state index is 0.522. The number of ether oxygens (including phenoxy) is 1. The predicted octanol–water partition coefficient (Wildman–Crippen LogP) is 2.66. The van der Waals surface area contributed by atoms with E-state index in [1.807, 2.05) is 33.0 Å². The third-order valence-electron chi connectivity index (χ3n) is 6.71. The van der Waals surface area contributed by atoms with Crippen molar-refractivity contribution in [3.8, 4) is 0 Å². The summed E-state index contributed by atoms with van der Waals surface area (Å²) in [5.74, 6) is 2.06. The molecule has 36 heavy (non-hydrogen) atoms. The predicted molar refractivity (Wildman–Crippen MR) is 146 cm³/mol. The number of nitrogens with zero attached hydrogens (tertiary/aromatic N) is 6. The van der Waals surface area contributed by atoms with E-state index >= 15 is 0 Å². The number of likely N-dealkylation sites (N-methyl/N-ethyl adjacent to an activating group) is 1. The van der Waals surface area contributed by atoms with Crippen LogP contribution in [0.3, 0.4) is 0 Å². The Bertz CT molecular complexity index is 1000. The van der Waals surface area contributed by atoms with E-state index in [1.54, 1.807) is 6.20 Å². The van der Waals surface area contributed by atoms with Gasteiger partial charge in [0.2, 0.25) is 5.95 Å². The van der Waals surface area contributed by atoms with Crippen LogP contribution in [0.2, 0.25) is 0 Å². The summed E-state index contributed by atoms with van der Waals surface area (Å²) in [5, 5.41) is 16.0. The molecule has 0 aliphatic carbocycles. The summed E-state index contributed by atoms with van der Waals surface area (Å²) in [6.07, 6.45) is 5.45. The summed E-state index contributed by atoms with van der Waals surface area (Å²) in [7, 11) is 2.02. The summed E-state index contributed by atoms with van der Waals surface area (Å²) in [5.41, 5.74) is 3.14. The highest BCUT2D eigenvalue weighted by Crippen LogP contribution is 2.32. The smallest absolute Gasteiger partial charge is 0.228 e. The van der Waals surface area contributed by atoms with Gasteiger partial charge in [0.25, 0.3) is 0 Å². The molecule has 2 aromatic heterocycles. The van der Waals surface area contributed by atoms with E-state index in [1.165, 1.54) is 19.3 Å². The minimum Gasteiger partial charge on any atom is -0.380 e. The SMILES string of the molecule is CCOCCN(C)c1c(Nc2cc(C)ccn2)nc(N2CCNCC2)nc1C(=N)CN1CCCCC1. The number of rotatable bonds is 11. The standard InChI is InChI=1S/C26H41N9O/c1-4-36-17-16-33(3)24-23(21(27)19-34-12-6-5-7-13-34)31-26(35-14-10-28-11-15-35)32-25(24)30-22-18-20(2)8-9-29-22/h8-9,18,27-28H,4-7,10-17,19H2,1-3H3,(H,29,30,31,32). The fraction of sp³-hybridized carbons (Fsp3) is 0.615. The second-order valence-electron chi connectivity index (χ2n) is 9.58. The lowest BCUT2D eigenvalue weighted by Crippen LogP contribution is -2.44. The number of likely N-dealkylation sites (tertiary alicyclic amines) is 1. The second kappa shape index (κ2) is 12.9. The first kappa shape index (κ1) is 26.2. The van der Waals surface area contributed by atoms with E-state index in [-0.39, 0.29) is 0 Å². The van der Waals surface area contributed by atoms with Crippen molar-refractivity contribution < 1.29 is 4.74 Å². The number of nitrogens with one attached hydrogen (secondary N) is 3. The van der Waals surface area contributed by atoms with E-state index in [0.29, 0.717) is 49.5 Å². The Kier molecular flexibility index (Phi) is 9.43. The van der Waals surface area contributed by atoms with Crippen molar-refractivity contribution in [1.29, 1.82) is 5.41 Å². The van der Waals surface area contributed by atoms with Gasteiger partial charge in [-0.1, -0.05) is 6.42 Å². The lowest BCUT2D eigenvalue weighted by molar-refractivity contribution is 0.154. The van der Waals surface area contributed by atoms with Gasteiger partial charge in [-0.15, -0.1) is 0 Å². The van der Waals surface area contributed by atoms with Crippen LogP contribution >= 0.6 is 0 Å². The van der Waals surface area contributed by atoms with Gasteiger partial charge >= 0.3 is 0 Å². The normalized spacial score (nSPS) is 16.7. The monoisotopic (exact) mass is 495 g/mol. The zero-order valence-corrected chi connectivity index (χ0v) is 22.0. The summed E-state index contributed by atoms with van der Waals surface area (Å²) in [4.78, 5) is 21.2. The Hall–Kier alpha value is -2.82. The molecule has 3 N–H and O–H groups in total. The number of piperidine rings is 1. The molecule has 2 fully saturated rings. The highest BCUT2D eigenvalue weighted by atomic mass is 16.5. The number of aryl methyl sites for hydroxylation is 1. The van der Waals surface area contributed by atoms with Crippen molar-refractivity contribution in [1.82, 2.24) is 25.2 Å². The molecular formula is C26H41N9O. The van der Waals surface area contributed by atoms with Gasteiger partial charge in [-0.2, -0.15) is 4.98 Å². The van der Waals surface area contributed by atoms with Gasteiger partial charge in [-0.3, -0.25) is 4.90 Å². The van der Waals surface area contributed by atoms with Gasteiger partial charge in [0.15, 0.2) is 5.82 Å². The first-order valence-corrected chi connectivity index (χ1v) is 13.2. The highest BCUT2D eigenvalue weighted by Gasteiger charge is 2.26. The van der Waals surface area contributed by atoms with Crippen LogP contribution in [-0.2, 0) is 4.74 Å². The molecule has 4 heterocycles. The largest absolute Gasteiger partial charge is 0.380 e. The average molecular weight is 496 g/mol. The first-order chi connectivity index (χ1) is 17.5. The van der Waals surface area contributed by atoms with Crippen molar-refractivity contribution in [3.05, 3.63) is 29.6 Å².